The van der Waals surface area contributed by atoms with Gasteiger partial charge in [-0.3, -0.25) is 0 Å². The van der Waals surface area contributed by atoms with Crippen molar-refractivity contribution in [2.24, 2.45) is 0 Å². The fourth-order valence-corrected chi connectivity index (χ4v) is 5.83. The standard InChI is InChI=1S/C16H17NO3S4/c1-5-19-15(18)14-9-8(16(24-14)23-6(2)3)11-10(13(22)12(9)21)17-7(4)20-11/h6,21-22H,5H2,1-4H3. The Hall–Kier alpha value is -0.830. The number of thiol groups is 2. The van der Waals surface area contributed by atoms with Gasteiger partial charge in [0, 0.05) is 27.4 Å². The van der Waals surface area contributed by atoms with Gasteiger partial charge in [-0.15, -0.1) is 48.4 Å². The average molecular weight is 400 g/mol. The van der Waals surface area contributed by atoms with Gasteiger partial charge in [0.25, 0.3) is 0 Å². The first-order chi connectivity index (χ1) is 11.3. The summed E-state index contributed by atoms with van der Waals surface area (Å²) in [6.07, 6.45) is 0. The Kier molecular flexibility index (Phi) is 5.11. The largest absolute Gasteiger partial charge is 0.462 e. The highest BCUT2D eigenvalue weighted by molar-refractivity contribution is 8.02. The molecule has 0 saturated heterocycles. The number of esters is 1. The van der Waals surface area contributed by atoms with Crippen molar-refractivity contribution < 1.29 is 13.9 Å². The molecule has 0 aliphatic rings. The number of benzene rings is 1. The summed E-state index contributed by atoms with van der Waals surface area (Å²) in [5, 5.41) is 1.97. The van der Waals surface area contributed by atoms with Gasteiger partial charge in [0.05, 0.1) is 16.2 Å². The van der Waals surface area contributed by atoms with E-state index in [1.165, 1.54) is 11.3 Å². The molecule has 4 nitrogen and oxygen atoms in total. The summed E-state index contributed by atoms with van der Waals surface area (Å²) in [6, 6.07) is 0. The number of ether oxygens (including phenoxy) is 1. The van der Waals surface area contributed by atoms with E-state index in [1.807, 2.05) is 0 Å². The molecule has 3 rings (SSSR count). The fourth-order valence-electron chi connectivity index (χ4n) is 2.47. The van der Waals surface area contributed by atoms with E-state index in [4.69, 9.17) is 9.15 Å². The Morgan fingerprint density at radius 2 is 2.04 bits per heavy atom. The predicted octanol–water partition coefficient (Wildman–Crippen LogP) is 5.61. The van der Waals surface area contributed by atoms with Crippen LogP contribution in [0.3, 0.4) is 0 Å². The topological polar surface area (TPSA) is 52.3 Å². The SMILES string of the molecule is CCOC(=O)c1sc(SC(C)C)c2c1c(S)c(S)c1nc(C)oc12. The van der Waals surface area contributed by atoms with Crippen LogP contribution < -0.4 is 0 Å². The number of hydrogen-bond acceptors (Lipinski definition) is 8. The molecule has 0 saturated carbocycles. The number of rotatable bonds is 4. The lowest BCUT2D eigenvalue weighted by atomic mass is 10.1. The van der Waals surface area contributed by atoms with E-state index in [0.29, 0.717) is 43.5 Å². The normalized spacial score (nSPS) is 11.8. The zero-order chi connectivity index (χ0) is 17.6. The molecule has 8 heteroatoms. The van der Waals surface area contributed by atoms with Crippen molar-refractivity contribution in [2.75, 3.05) is 6.61 Å². The summed E-state index contributed by atoms with van der Waals surface area (Å²) in [5.74, 6) is 0.214. The van der Waals surface area contributed by atoms with Crippen molar-refractivity contribution in [1.29, 1.82) is 0 Å². The highest BCUT2D eigenvalue weighted by Crippen LogP contribution is 2.48. The molecule has 0 bridgehead atoms. The minimum absolute atomic E-state index is 0.324. The number of fused-ring (bicyclic) bond motifs is 3. The first-order valence-corrected chi connectivity index (χ1v) is 10.1. The van der Waals surface area contributed by atoms with Crippen LogP contribution in [0.1, 0.15) is 36.3 Å². The highest BCUT2D eigenvalue weighted by Gasteiger charge is 2.27. The number of carbonyl (C=O) groups excluding carboxylic acids is 1. The third-order valence-corrected chi connectivity index (χ3v) is 6.78. The van der Waals surface area contributed by atoms with Crippen LogP contribution in [0.2, 0.25) is 0 Å². The molecule has 0 radical (unpaired) electrons. The molecule has 0 unspecified atom stereocenters. The van der Waals surface area contributed by atoms with Crippen molar-refractivity contribution in [3.63, 3.8) is 0 Å². The summed E-state index contributed by atoms with van der Waals surface area (Å²) in [5.41, 5.74) is 1.33. The second kappa shape index (κ2) is 6.82. The van der Waals surface area contributed by atoms with E-state index >= 15 is 0 Å². The van der Waals surface area contributed by atoms with E-state index < -0.39 is 0 Å². The van der Waals surface area contributed by atoms with Gasteiger partial charge in [-0.05, 0) is 6.92 Å². The second-order valence-corrected chi connectivity index (χ2v) is 9.22. The first-order valence-electron chi connectivity index (χ1n) is 7.46. The quantitative estimate of drug-likeness (QED) is 0.339. The van der Waals surface area contributed by atoms with Gasteiger partial charge in [-0.25, -0.2) is 9.78 Å². The van der Waals surface area contributed by atoms with Crippen LogP contribution in [-0.2, 0) is 4.74 Å². The maximum Gasteiger partial charge on any atom is 0.349 e. The highest BCUT2D eigenvalue weighted by atomic mass is 32.2. The molecule has 2 aromatic heterocycles. The van der Waals surface area contributed by atoms with Gasteiger partial charge >= 0.3 is 5.97 Å². The number of aryl methyl sites for hydroxylation is 1. The molecule has 24 heavy (non-hydrogen) atoms. The van der Waals surface area contributed by atoms with Gasteiger partial charge in [0.1, 0.15) is 10.4 Å². The lowest BCUT2D eigenvalue weighted by Gasteiger charge is -2.06. The van der Waals surface area contributed by atoms with Crippen LogP contribution in [0.4, 0.5) is 0 Å². The Morgan fingerprint density at radius 1 is 1.33 bits per heavy atom. The Bertz CT molecular complexity index is 942. The third kappa shape index (κ3) is 2.94. The van der Waals surface area contributed by atoms with Gasteiger partial charge in [0.2, 0.25) is 0 Å². The molecule has 3 aromatic rings. The zero-order valence-electron chi connectivity index (χ0n) is 13.7. The molecular weight excluding hydrogens is 382 g/mol. The van der Waals surface area contributed by atoms with E-state index in [1.54, 1.807) is 25.6 Å². The average Bonchev–Trinajstić information content (AvgIpc) is 3.05. The summed E-state index contributed by atoms with van der Waals surface area (Å²) >= 11 is 12.3. The molecule has 0 fully saturated rings. The van der Waals surface area contributed by atoms with Crippen molar-refractivity contribution in [2.45, 2.75) is 46.9 Å². The molecule has 0 N–H and O–H groups in total. The van der Waals surface area contributed by atoms with Gasteiger partial charge in [-0.2, -0.15) is 0 Å². The second-order valence-electron chi connectivity index (χ2n) is 5.46. The number of carbonyl (C=O) groups is 1. The lowest BCUT2D eigenvalue weighted by molar-refractivity contribution is 0.0534. The van der Waals surface area contributed by atoms with E-state index in [2.05, 4.69) is 44.1 Å². The number of aromatic nitrogens is 1. The van der Waals surface area contributed by atoms with Gasteiger partial charge in [-0.1, -0.05) is 13.8 Å². The molecule has 1 aromatic carbocycles. The molecule has 0 atom stereocenters. The maximum absolute atomic E-state index is 12.4. The van der Waals surface area contributed by atoms with E-state index in [9.17, 15) is 4.79 Å². The summed E-state index contributed by atoms with van der Waals surface area (Å²) in [4.78, 5) is 18.6. The molecule has 0 aliphatic carbocycles. The Balaban J connectivity index is 2.44. The molecule has 0 spiro atoms. The molecule has 2 heterocycles. The molecule has 0 aliphatic heterocycles. The molecule has 128 valence electrons. The van der Waals surface area contributed by atoms with E-state index in [-0.39, 0.29) is 5.97 Å². The number of nitrogens with zero attached hydrogens (tertiary/aromatic N) is 1. The summed E-state index contributed by atoms with van der Waals surface area (Å²) in [7, 11) is 0. The lowest BCUT2D eigenvalue weighted by Crippen LogP contribution is -2.02. The predicted molar refractivity (Wildman–Crippen MR) is 106 cm³/mol. The Morgan fingerprint density at radius 3 is 2.67 bits per heavy atom. The van der Waals surface area contributed by atoms with Crippen LogP contribution in [0.25, 0.3) is 21.9 Å². The van der Waals surface area contributed by atoms with Crippen LogP contribution in [0.15, 0.2) is 18.4 Å². The number of hydrogen-bond donors (Lipinski definition) is 2. The van der Waals surface area contributed by atoms with Crippen molar-refractivity contribution in [1.82, 2.24) is 4.98 Å². The monoisotopic (exact) mass is 399 g/mol. The van der Waals surface area contributed by atoms with Crippen LogP contribution in [-0.4, -0.2) is 22.8 Å². The summed E-state index contributed by atoms with van der Waals surface area (Å²) < 4.78 is 12.1. The van der Waals surface area contributed by atoms with Crippen LogP contribution in [0, 0.1) is 6.92 Å². The molecular formula is C16H17NO3S4. The maximum atomic E-state index is 12.4. The number of thiophene rings is 1. The smallest absolute Gasteiger partial charge is 0.349 e. The summed E-state index contributed by atoms with van der Waals surface area (Å²) in [6.45, 7) is 8.13. The van der Waals surface area contributed by atoms with Gasteiger partial charge < -0.3 is 9.15 Å². The molecule has 0 amide bonds. The number of oxazole rings is 1. The zero-order valence-corrected chi connectivity index (χ0v) is 17.1. The number of thioether (sulfide) groups is 1. The fraction of sp³-hybridized carbons (Fsp3) is 0.375. The minimum atomic E-state index is -0.346. The van der Waals surface area contributed by atoms with Crippen LogP contribution >= 0.6 is 48.4 Å². The Labute approximate surface area is 159 Å². The third-order valence-electron chi connectivity index (χ3n) is 3.33. The first kappa shape index (κ1) is 18.0. The van der Waals surface area contributed by atoms with E-state index in [0.717, 1.165) is 15.0 Å². The minimum Gasteiger partial charge on any atom is -0.462 e. The van der Waals surface area contributed by atoms with Crippen molar-refractivity contribution in [3.05, 3.63) is 10.8 Å². The van der Waals surface area contributed by atoms with Crippen molar-refractivity contribution >= 4 is 76.2 Å². The van der Waals surface area contributed by atoms with Gasteiger partial charge in [0.15, 0.2) is 11.5 Å². The van der Waals surface area contributed by atoms with Crippen molar-refractivity contribution in [3.8, 4) is 0 Å². The van der Waals surface area contributed by atoms with Crippen LogP contribution in [0.5, 0.6) is 0 Å².